The Bertz CT molecular complexity index is 1170. The van der Waals surface area contributed by atoms with Gasteiger partial charge in [0, 0.05) is 21.7 Å². The van der Waals surface area contributed by atoms with Gasteiger partial charge in [-0.3, -0.25) is 14.7 Å². The number of fused-ring (bicyclic) bond motifs is 1. The number of aromatic nitrogens is 3. The average Bonchev–Trinajstić information content (AvgIpc) is 3.20. The van der Waals surface area contributed by atoms with Crippen molar-refractivity contribution in [3.8, 4) is 5.69 Å². The molecule has 7 heteroatoms. The third-order valence-electron chi connectivity index (χ3n) is 4.20. The lowest BCUT2D eigenvalue weighted by Gasteiger charge is -2.08. The number of aromatic amines is 1. The summed E-state index contributed by atoms with van der Waals surface area (Å²) in [5.74, 6) is 0. The summed E-state index contributed by atoms with van der Waals surface area (Å²) in [7, 11) is 0. The number of halogens is 1. The molecular formula is C18H14ClN3O2S. The number of hydrogen-bond donors (Lipinski definition) is 1. The van der Waals surface area contributed by atoms with Crippen LogP contribution < -0.4 is 11.1 Å². The van der Waals surface area contributed by atoms with Crippen LogP contribution >= 0.6 is 22.9 Å². The Balaban J connectivity index is 1.92. The highest BCUT2D eigenvalue weighted by Gasteiger charge is 2.15. The van der Waals surface area contributed by atoms with Crippen LogP contribution in [0.15, 0.2) is 57.4 Å². The minimum atomic E-state index is -0.185. The van der Waals surface area contributed by atoms with Crippen molar-refractivity contribution >= 4 is 33.8 Å². The van der Waals surface area contributed by atoms with Crippen molar-refractivity contribution < 1.29 is 0 Å². The molecule has 0 amide bonds. The summed E-state index contributed by atoms with van der Waals surface area (Å²) in [4.78, 5) is 26.5. The van der Waals surface area contributed by atoms with Crippen molar-refractivity contribution in [2.24, 2.45) is 0 Å². The highest BCUT2D eigenvalue weighted by atomic mass is 35.5. The van der Waals surface area contributed by atoms with Gasteiger partial charge in [-0.15, -0.1) is 11.3 Å². The fourth-order valence-electron chi connectivity index (χ4n) is 2.94. The molecule has 126 valence electrons. The predicted octanol–water partition coefficient (Wildman–Crippen LogP) is 3.55. The number of nitrogens with one attached hydrogen (secondary N) is 1. The van der Waals surface area contributed by atoms with E-state index in [4.69, 9.17) is 11.6 Å². The van der Waals surface area contributed by atoms with Gasteiger partial charge in [0.1, 0.15) is 0 Å². The van der Waals surface area contributed by atoms with Gasteiger partial charge in [0.15, 0.2) is 0 Å². The number of aryl methyl sites for hydroxylation is 1. The zero-order chi connectivity index (χ0) is 17.6. The lowest BCUT2D eigenvalue weighted by molar-refractivity contribution is 0.747. The smallest absolute Gasteiger partial charge is 0.280 e. The lowest BCUT2D eigenvalue weighted by Crippen LogP contribution is -2.23. The quantitative estimate of drug-likeness (QED) is 0.598. The van der Waals surface area contributed by atoms with Crippen LogP contribution in [0.4, 0.5) is 0 Å². The highest BCUT2D eigenvalue weighted by Crippen LogP contribution is 2.17. The van der Waals surface area contributed by atoms with Crippen molar-refractivity contribution in [2.45, 2.75) is 13.5 Å². The zero-order valence-corrected chi connectivity index (χ0v) is 14.9. The normalized spacial score (nSPS) is 11.3. The summed E-state index contributed by atoms with van der Waals surface area (Å²) >= 11 is 7.50. The van der Waals surface area contributed by atoms with Gasteiger partial charge < -0.3 is 4.57 Å². The molecule has 0 aliphatic rings. The summed E-state index contributed by atoms with van der Waals surface area (Å²) in [6, 6.07) is 12.4. The summed E-state index contributed by atoms with van der Waals surface area (Å²) < 4.78 is 3.07. The number of hydrogen-bond acceptors (Lipinski definition) is 3. The SMILES string of the molecule is Cc1c2c(=O)n(-c3ccc(Cl)cc3)[nH]c2cc(=O)n1Cc1cccs1. The molecule has 1 aromatic carbocycles. The highest BCUT2D eigenvalue weighted by molar-refractivity contribution is 7.09. The maximum atomic E-state index is 12.9. The standard InChI is InChI=1S/C18H14ClN3O2S/c1-11-17-15(9-16(23)21(11)10-14-3-2-8-25-14)20-22(18(17)24)13-6-4-12(19)5-7-13/h2-9,20H,10H2,1H3. The van der Waals surface area contributed by atoms with Crippen LogP contribution in [-0.2, 0) is 6.54 Å². The van der Waals surface area contributed by atoms with Crippen LogP contribution in [0.5, 0.6) is 0 Å². The molecule has 25 heavy (non-hydrogen) atoms. The van der Waals surface area contributed by atoms with Gasteiger partial charge in [0.2, 0.25) is 0 Å². The molecule has 4 aromatic rings. The van der Waals surface area contributed by atoms with E-state index in [9.17, 15) is 9.59 Å². The van der Waals surface area contributed by atoms with Crippen molar-refractivity contribution in [3.05, 3.63) is 84.1 Å². The number of H-pyrrole nitrogens is 1. The van der Waals surface area contributed by atoms with E-state index in [1.54, 1.807) is 47.1 Å². The van der Waals surface area contributed by atoms with Gasteiger partial charge in [-0.25, -0.2) is 4.68 Å². The molecule has 3 heterocycles. The molecule has 5 nitrogen and oxygen atoms in total. The van der Waals surface area contributed by atoms with Gasteiger partial charge in [0.05, 0.1) is 23.1 Å². The average molecular weight is 372 g/mol. The monoisotopic (exact) mass is 371 g/mol. The van der Waals surface area contributed by atoms with E-state index in [1.807, 2.05) is 17.5 Å². The molecule has 0 saturated carbocycles. The predicted molar refractivity (Wildman–Crippen MR) is 101 cm³/mol. The second kappa shape index (κ2) is 6.06. The topological polar surface area (TPSA) is 59.8 Å². The maximum absolute atomic E-state index is 12.9. The van der Waals surface area contributed by atoms with E-state index in [-0.39, 0.29) is 11.1 Å². The van der Waals surface area contributed by atoms with Gasteiger partial charge in [-0.2, -0.15) is 0 Å². The van der Waals surface area contributed by atoms with Crippen LogP contribution in [0.3, 0.4) is 0 Å². The molecule has 0 bridgehead atoms. The minimum absolute atomic E-state index is 0.136. The summed E-state index contributed by atoms with van der Waals surface area (Å²) in [6.07, 6.45) is 0. The molecule has 4 rings (SSSR count). The Labute approximate surface area is 151 Å². The Morgan fingerprint density at radius 2 is 1.92 bits per heavy atom. The van der Waals surface area contributed by atoms with Crippen LogP contribution in [0.1, 0.15) is 10.6 Å². The number of nitrogens with zero attached hydrogens (tertiary/aromatic N) is 2. The van der Waals surface area contributed by atoms with Gasteiger partial charge >= 0.3 is 0 Å². The first-order valence-corrected chi connectivity index (χ1v) is 8.94. The molecule has 0 saturated heterocycles. The number of rotatable bonds is 3. The molecular weight excluding hydrogens is 358 g/mol. The van der Waals surface area contributed by atoms with Crippen molar-refractivity contribution in [1.29, 1.82) is 0 Å². The van der Waals surface area contributed by atoms with Crippen molar-refractivity contribution in [2.75, 3.05) is 0 Å². The second-order valence-corrected chi connectivity index (χ2v) is 7.22. The maximum Gasteiger partial charge on any atom is 0.280 e. The molecule has 0 fully saturated rings. The minimum Gasteiger partial charge on any atom is -0.307 e. The summed E-state index contributed by atoms with van der Waals surface area (Å²) in [6.45, 7) is 2.27. The van der Waals surface area contributed by atoms with E-state index >= 15 is 0 Å². The first kappa shape index (κ1) is 15.9. The molecule has 0 atom stereocenters. The molecule has 0 aliphatic heterocycles. The molecule has 0 radical (unpaired) electrons. The Morgan fingerprint density at radius 3 is 2.60 bits per heavy atom. The van der Waals surface area contributed by atoms with E-state index in [0.717, 1.165) is 4.88 Å². The third-order valence-corrected chi connectivity index (χ3v) is 5.31. The van der Waals surface area contributed by atoms with Crippen LogP contribution in [-0.4, -0.2) is 14.3 Å². The molecule has 1 N–H and O–H groups in total. The van der Waals surface area contributed by atoms with E-state index in [0.29, 0.717) is 33.9 Å². The third kappa shape index (κ3) is 2.73. The number of benzene rings is 1. The zero-order valence-electron chi connectivity index (χ0n) is 13.3. The first-order valence-electron chi connectivity index (χ1n) is 7.68. The van der Waals surface area contributed by atoms with Gasteiger partial charge in [0.25, 0.3) is 11.1 Å². The van der Waals surface area contributed by atoms with E-state index < -0.39 is 0 Å². The number of thiophene rings is 1. The van der Waals surface area contributed by atoms with E-state index in [2.05, 4.69) is 5.10 Å². The van der Waals surface area contributed by atoms with Crippen molar-refractivity contribution in [3.63, 3.8) is 0 Å². The van der Waals surface area contributed by atoms with Gasteiger partial charge in [-0.1, -0.05) is 17.7 Å². The Hall–Kier alpha value is -2.57. The summed E-state index contributed by atoms with van der Waals surface area (Å²) in [5, 5.41) is 6.10. The fourth-order valence-corrected chi connectivity index (χ4v) is 3.76. The van der Waals surface area contributed by atoms with Crippen LogP contribution in [0.25, 0.3) is 16.6 Å². The molecule has 0 unspecified atom stereocenters. The largest absolute Gasteiger partial charge is 0.307 e. The second-order valence-electron chi connectivity index (χ2n) is 5.75. The fraction of sp³-hybridized carbons (Fsp3) is 0.111. The number of pyridine rings is 1. The van der Waals surface area contributed by atoms with Crippen LogP contribution in [0.2, 0.25) is 5.02 Å². The molecule has 0 spiro atoms. The first-order chi connectivity index (χ1) is 12.0. The van der Waals surface area contributed by atoms with Crippen LogP contribution in [0, 0.1) is 6.92 Å². The van der Waals surface area contributed by atoms with E-state index in [1.165, 1.54) is 10.7 Å². The Morgan fingerprint density at radius 1 is 1.16 bits per heavy atom. The summed E-state index contributed by atoms with van der Waals surface area (Å²) in [5.41, 5.74) is 1.54. The molecule has 0 aliphatic carbocycles. The van der Waals surface area contributed by atoms with Gasteiger partial charge in [-0.05, 0) is 42.6 Å². The molecule has 3 aromatic heterocycles. The Kier molecular flexibility index (Phi) is 3.86. The lowest BCUT2D eigenvalue weighted by atomic mass is 10.2. The van der Waals surface area contributed by atoms with Crippen molar-refractivity contribution in [1.82, 2.24) is 14.3 Å².